The summed E-state index contributed by atoms with van der Waals surface area (Å²) in [4.78, 5) is 4.63. The van der Waals surface area contributed by atoms with Crippen LogP contribution in [0.15, 0.2) is 12.3 Å². The van der Waals surface area contributed by atoms with Crippen LogP contribution >= 0.6 is 12.2 Å². The van der Waals surface area contributed by atoms with Crippen molar-refractivity contribution >= 4 is 23.0 Å². The van der Waals surface area contributed by atoms with Gasteiger partial charge in [-0.3, -0.25) is 0 Å². The Balaban J connectivity index is 2.37. The van der Waals surface area contributed by atoms with Gasteiger partial charge in [0.05, 0.1) is 18.8 Å². The number of nitrogens with two attached hydrogens (primary N) is 1. The number of aromatic nitrogens is 1. The van der Waals surface area contributed by atoms with E-state index in [2.05, 4.69) is 10.3 Å². The Hall–Kier alpha value is -1.24. The van der Waals surface area contributed by atoms with Crippen LogP contribution in [0, 0.1) is 6.92 Å². The second-order valence-corrected chi connectivity index (χ2v) is 4.54. The Bertz CT molecular complexity index is 413. The van der Waals surface area contributed by atoms with Gasteiger partial charge in [0.25, 0.3) is 0 Å². The van der Waals surface area contributed by atoms with Gasteiger partial charge in [0.1, 0.15) is 10.8 Å². The molecule has 106 valence electrons. The molecule has 0 saturated heterocycles. The predicted octanol–water partition coefficient (Wildman–Crippen LogP) is 1.49. The third kappa shape index (κ3) is 5.50. The fraction of sp³-hybridized carbons (Fsp3) is 0.538. The first-order valence-electron chi connectivity index (χ1n) is 6.22. The normalized spacial score (nSPS) is 10.4. The number of ether oxygens (including phenoxy) is 2. The van der Waals surface area contributed by atoms with E-state index in [4.69, 9.17) is 27.4 Å². The van der Waals surface area contributed by atoms with Crippen molar-refractivity contribution in [2.24, 2.45) is 5.73 Å². The van der Waals surface area contributed by atoms with Crippen molar-refractivity contribution in [1.82, 2.24) is 4.98 Å². The van der Waals surface area contributed by atoms with E-state index in [0.29, 0.717) is 24.8 Å². The number of aryl methyl sites for hydroxylation is 1. The molecule has 0 spiro atoms. The summed E-state index contributed by atoms with van der Waals surface area (Å²) in [5, 5.41) is 3.24. The van der Waals surface area contributed by atoms with E-state index in [1.807, 2.05) is 13.0 Å². The van der Waals surface area contributed by atoms with Crippen LogP contribution in [-0.4, -0.2) is 43.4 Å². The Morgan fingerprint density at radius 3 is 2.89 bits per heavy atom. The summed E-state index contributed by atoms with van der Waals surface area (Å²) in [5.41, 5.74) is 7.56. The zero-order valence-electron chi connectivity index (χ0n) is 11.4. The Labute approximate surface area is 119 Å². The summed E-state index contributed by atoms with van der Waals surface area (Å²) >= 11 is 5.05. The summed E-state index contributed by atoms with van der Waals surface area (Å²) < 4.78 is 10.3. The molecule has 0 atom stereocenters. The number of hydrogen-bond donors (Lipinski definition) is 2. The number of hydrogen-bond acceptors (Lipinski definition) is 5. The maximum atomic E-state index is 5.71. The van der Waals surface area contributed by atoms with Crippen molar-refractivity contribution in [3.8, 4) is 0 Å². The van der Waals surface area contributed by atoms with Crippen LogP contribution in [0.1, 0.15) is 17.5 Å². The van der Waals surface area contributed by atoms with Gasteiger partial charge in [-0.1, -0.05) is 12.2 Å². The minimum absolute atomic E-state index is 0.365. The quantitative estimate of drug-likeness (QED) is 0.528. The molecule has 5 nitrogen and oxygen atoms in total. The van der Waals surface area contributed by atoms with Gasteiger partial charge < -0.3 is 20.5 Å². The topological polar surface area (TPSA) is 69.4 Å². The van der Waals surface area contributed by atoms with E-state index in [1.54, 1.807) is 13.3 Å². The van der Waals surface area contributed by atoms with Crippen LogP contribution < -0.4 is 11.1 Å². The van der Waals surface area contributed by atoms with Crippen LogP contribution in [0.4, 0.5) is 5.82 Å². The molecule has 0 aliphatic heterocycles. The lowest BCUT2D eigenvalue weighted by molar-refractivity contribution is 0.0705. The molecule has 0 fully saturated rings. The number of methoxy groups -OCH3 is 1. The van der Waals surface area contributed by atoms with Crippen LogP contribution in [0.5, 0.6) is 0 Å². The Kier molecular flexibility index (Phi) is 7.32. The maximum Gasteiger partial charge on any atom is 0.136 e. The van der Waals surface area contributed by atoms with E-state index < -0.39 is 0 Å². The van der Waals surface area contributed by atoms with Crippen molar-refractivity contribution in [2.75, 3.05) is 38.8 Å². The summed E-state index contributed by atoms with van der Waals surface area (Å²) in [6.07, 6.45) is 2.63. The standard InChI is InChI=1S/C13H21N3O2S/c1-10-4-6-16-13(11(10)12(14)19)15-5-3-7-18-9-8-17-2/h4,6H,3,5,7-9H2,1-2H3,(H2,14,19)(H,15,16). The summed E-state index contributed by atoms with van der Waals surface area (Å²) in [6.45, 7) is 4.66. The molecular weight excluding hydrogens is 262 g/mol. The van der Waals surface area contributed by atoms with Gasteiger partial charge in [-0.15, -0.1) is 0 Å². The number of rotatable bonds is 9. The van der Waals surface area contributed by atoms with E-state index in [0.717, 1.165) is 29.9 Å². The lowest BCUT2D eigenvalue weighted by Gasteiger charge is -2.12. The van der Waals surface area contributed by atoms with Crippen LogP contribution in [0.25, 0.3) is 0 Å². The summed E-state index contributed by atoms with van der Waals surface area (Å²) in [6, 6.07) is 1.90. The number of pyridine rings is 1. The predicted molar refractivity (Wildman–Crippen MR) is 80.7 cm³/mol. The number of nitrogens with one attached hydrogen (secondary N) is 1. The molecule has 0 radical (unpaired) electrons. The molecule has 1 aromatic heterocycles. The SMILES string of the molecule is COCCOCCCNc1nccc(C)c1C(N)=S. The largest absolute Gasteiger partial charge is 0.389 e. The van der Waals surface area contributed by atoms with E-state index in [9.17, 15) is 0 Å². The highest BCUT2D eigenvalue weighted by atomic mass is 32.1. The molecule has 1 aromatic rings. The molecule has 0 aromatic carbocycles. The smallest absolute Gasteiger partial charge is 0.136 e. The molecular formula is C13H21N3O2S. The first kappa shape index (κ1) is 15.8. The van der Waals surface area contributed by atoms with Crippen molar-refractivity contribution in [2.45, 2.75) is 13.3 Å². The molecule has 1 rings (SSSR count). The molecule has 6 heteroatoms. The average Bonchev–Trinajstić information content (AvgIpc) is 2.37. The van der Waals surface area contributed by atoms with Crippen molar-refractivity contribution < 1.29 is 9.47 Å². The molecule has 3 N–H and O–H groups in total. The van der Waals surface area contributed by atoms with Gasteiger partial charge in [-0.2, -0.15) is 0 Å². The molecule has 0 unspecified atom stereocenters. The molecule has 0 aliphatic rings. The summed E-state index contributed by atoms with van der Waals surface area (Å²) in [7, 11) is 1.66. The van der Waals surface area contributed by atoms with Gasteiger partial charge in [0.2, 0.25) is 0 Å². The third-order valence-electron chi connectivity index (χ3n) is 2.60. The number of anilines is 1. The van der Waals surface area contributed by atoms with Gasteiger partial charge in [0, 0.05) is 26.5 Å². The van der Waals surface area contributed by atoms with Crippen LogP contribution in [0.2, 0.25) is 0 Å². The molecule has 1 heterocycles. The minimum Gasteiger partial charge on any atom is -0.389 e. The van der Waals surface area contributed by atoms with Crippen LogP contribution in [0.3, 0.4) is 0 Å². The van der Waals surface area contributed by atoms with Gasteiger partial charge in [0.15, 0.2) is 0 Å². The minimum atomic E-state index is 0.365. The lowest BCUT2D eigenvalue weighted by atomic mass is 10.1. The second kappa shape index (κ2) is 8.79. The maximum absolute atomic E-state index is 5.71. The average molecular weight is 283 g/mol. The molecule has 0 bridgehead atoms. The van der Waals surface area contributed by atoms with Crippen molar-refractivity contribution in [3.63, 3.8) is 0 Å². The lowest BCUT2D eigenvalue weighted by Crippen LogP contribution is -2.17. The molecule has 0 amide bonds. The van der Waals surface area contributed by atoms with Crippen LogP contribution in [-0.2, 0) is 9.47 Å². The highest BCUT2D eigenvalue weighted by Gasteiger charge is 2.08. The third-order valence-corrected chi connectivity index (χ3v) is 2.80. The molecule has 19 heavy (non-hydrogen) atoms. The monoisotopic (exact) mass is 283 g/mol. The van der Waals surface area contributed by atoms with E-state index >= 15 is 0 Å². The summed E-state index contributed by atoms with van der Waals surface area (Å²) in [5.74, 6) is 0.740. The van der Waals surface area contributed by atoms with Crippen molar-refractivity contribution in [3.05, 3.63) is 23.4 Å². The van der Waals surface area contributed by atoms with Gasteiger partial charge >= 0.3 is 0 Å². The molecule has 0 aliphatic carbocycles. The fourth-order valence-corrected chi connectivity index (χ4v) is 1.89. The van der Waals surface area contributed by atoms with Crippen molar-refractivity contribution in [1.29, 1.82) is 0 Å². The highest BCUT2D eigenvalue weighted by Crippen LogP contribution is 2.16. The number of nitrogens with zero attached hydrogens (tertiary/aromatic N) is 1. The first-order valence-corrected chi connectivity index (χ1v) is 6.63. The zero-order valence-corrected chi connectivity index (χ0v) is 12.3. The zero-order chi connectivity index (χ0) is 14.1. The first-order chi connectivity index (χ1) is 9.16. The number of thiocarbonyl (C=S) groups is 1. The van der Waals surface area contributed by atoms with E-state index in [1.165, 1.54) is 0 Å². The van der Waals surface area contributed by atoms with E-state index in [-0.39, 0.29) is 0 Å². The second-order valence-electron chi connectivity index (χ2n) is 4.10. The van der Waals surface area contributed by atoms with Gasteiger partial charge in [-0.25, -0.2) is 4.98 Å². The van der Waals surface area contributed by atoms with Gasteiger partial charge in [-0.05, 0) is 25.0 Å². The highest BCUT2D eigenvalue weighted by molar-refractivity contribution is 7.80. The fourth-order valence-electron chi connectivity index (χ4n) is 1.63. The molecule has 0 saturated carbocycles. The Morgan fingerprint density at radius 1 is 1.42 bits per heavy atom. The Morgan fingerprint density at radius 2 is 2.21 bits per heavy atom.